The molecule has 0 spiro atoms. The van der Waals surface area contributed by atoms with Crippen LogP contribution in [-0.2, 0) is 11.7 Å². The van der Waals surface area contributed by atoms with Crippen LogP contribution >= 0.6 is 0 Å². The van der Waals surface area contributed by atoms with Crippen molar-refractivity contribution >= 4 is 5.69 Å². The topological polar surface area (TPSA) is 41.3 Å². The molecule has 112 valence electrons. The third-order valence-electron chi connectivity index (χ3n) is 3.48. The molecule has 6 heteroatoms. The van der Waals surface area contributed by atoms with E-state index < -0.39 is 17.3 Å². The van der Waals surface area contributed by atoms with Crippen LogP contribution < -0.4 is 16.0 Å². The molecule has 2 rings (SSSR count). The standard InChI is InChI=1S/C14H20F3N3/c1-13(2,18)11-4-3-10(9-12(11)14(15,16)17)20-7-5-19-6-8-20/h3-4,9,19H,5-8,18H2,1-2H3. The Morgan fingerprint density at radius 3 is 2.20 bits per heavy atom. The molecule has 1 aliphatic heterocycles. The van der Waals surface area contributed by atoms with Gasteiger partial charge >= 0.3 is 6.18 Å². The summed E-state index contributed by atoms with van der Waals surface area (Å²) in [4.78, 5) is 1.96. The maximum Gasteiger partial charge on any atom is 0.416 e. The van der Waals surface area contributed by atoms with Gasteiger partial charge in [-0.05, 0) is 31.5 Å². The van der Waals surface area contributed by atoms with Crippen LogP contribution in [0.15, 0.2) is 18.2 Å². The summed E-state index contributed by atoms with van der Waals surface area (Å²) < 4.78 is 39.7. The van der Waals surface area contributed by atoms with Crippen LogP contribution in [-0.4, -0.2) is 26.2 Å². The van der Waals surface area contributed by atoms with Crippen LogP contribution in [0.3, 0.4) is 0 Å². The van der Waals surface area contributed by atoms with E-state index in [1.807, 2.05) is 4.90 Å². The fraction of sp³-hybridized carbons (Fsp3) is 0.571. The molecule has 0 saturated carbocycles. The van der Waals surface area contributed by atoms with Crippen molar-refractivity contribution in [1.29, 1.82) is 0 Å². The molecule has 0 amide bonds. The van der Waals surface area contributed by atoms with E-state index in [4.69, 9.17) is 5.73 Å². The average molecular weight is 287 g/mol. The molecule has 1 heterocycles. The van der Waals surface area contributed by atoms with Crippen LogP contribution in [0.4, 0.5) is 18.9 Å². The molecule has 0 aliphatic carbocycles. The van der Waals surface area contributed by atoms with Crippen LogP contribution in [0, 0.1) is 0 Å². The Labute approximate surface area is 116 Å². The molecule has 0 aromatic heterocycles. The third-order valence-corrected chi connectivity index (χ3v) is 3.48. The Hall–Kier alpha value is -1.27. The number of hydrogen-bond donors (Lipinski definition) is 2. The van der Waals surface area contributed by atoms with E-state index in [0.29, 0.717) is 18.8 Å². The highest BCUT2D eigenvalue weighted by atomic mass is 19.4. The van der Waals surface area contributed by atoms with Gasteiger partial charge in [-0.15, -0.1) is 0 Å². The number of benzene rings is 1. The van der Waals surface area contributed by atoms with Gasteiger partial charge in [-0.2, -0.15) is 13.2 Å². The number of rotatable bonds is 2. The Morgan fingerprint density at radius 2 is 1.70 bits per heavy atom. The predicted octanol–water partition coefficient (Wildman–Crippen LogP) is 2.31. The minimum absolute atomic E-state index is 0.129. The van der Waals surface area contributed by atoms with E-state index in [0.717, 1.165) is 13.1 Å². The van der Waals surface area contributed by atoms with Crippen LogP contribution in [0.2, 0.25) is 0 Å². The van der Waals surface area contributed by atoms with Crippen LogP contribution in [0.1, 0.15) is 25.0 Å². The molecular weight excluding hydrogens is 267 g/mol. The first kappa shape index (κ1) is 15.1. The van der Waals surface area contributed by atoms with E-state index in [1.165, 1.54) is 12.1 Å². The van der Waals surface area contributed by atoms with E-state index in [1.54, 1.807) is 19.9 Å². The molecule has 1 aromatic carbocycles. The number of halogens is 3. The van der Waals surface area contributed by atoms with Crippen molar-refractivity contribution in [3.63, 3.8) is 0 Å². The zero-order valence-electron chi connectivity index (χ0n) is 11.7. The monoisotopic (exact) mass is 287 g/mol. The minimum Gasteiger partial charge on any atom is -0.369 e. The van der Waals surface area contributed by atoms with Gasteiger partial charge < -0.3 is 16.0 Å². The summed E-state index contributed by atoms with van der Waals surface area (Å²) >= 11 is 0. The molecule has 3 nitrogen and oxygen atoms in total. The van der Waals surface area contributed by atoms with E-state index >= 15 is 0 Å². The fourth-order valence-electron chi connectivity index (χ4n) is 2.45. The Balaban J connectivity index is 2.43. The van der Waals surface area contributed by atoms with Crippen LogP contribution in [0.5, 0.6) is 0 Å². The van der Waals surface area contributed by atoms with Crippen molar-refractivity contribution in [2.75, 3.05) is 31.1 Å². The fourth-order valence-corrected chi connectivity index (χ4v) is 2.45. The molecule has 0 unspecified atom stereocenters. The Kier molecular flexibility index (Phi) is 3.97. The van der Waals surface area contributed by atoms with Gasteiger partial charge in [0.2, 0.25) is 0 Å². The summed E-state index contributed by atoms with van der Waals surface area (Å²) in [6.45, 7) is 6.16. The summed E-state index contributed by atoms with van der Waals surface area (Å²) in [5.74, 6) is 0. The molecule has 20 heavy (non-hydrogen) atoms. The second kappa shape index (κ2) is 5.26. The maximum absolute atomic E-state index is 13.2. The number of piperazine rings is 1. The quantitative estimate of drug-likeness (QED) is 0.877. The first-order valence-electron chi connectivity index (χ1n) is 6.66. The van der Waals surface area contributed by atoms with Gasteiger partial charge in [-0.1, -0.05) is 6.07 Å². The van der Waals surface area contributed by atoms with Gasteiger partial charge in [0.15, 0.2) is 0 Å². The van der Waals surface area contributed by atoms with Gasteiger partial charge in [0.1, 0.15) is 0 Å². The number of nitrogens with one attached hydrogen (secondary N) is 1. The van der Waals surface area contributed by atoms with Gasteiger partial charge in [0, 0.05) is 37.4 Å². The lowest BCUT2D eigenvalue weighted by Crippen LogP contribution is -2.43. The molecule has 1 saturated heterocycles. The lowest BCUT2D eigenvalue weighted by atomic mass is 9.90. The summed E-state index contributed by atoms with van der Waals surface area (Å²) in [5, 5.41) is 3.18. The SMILES string of the molecule is CC(C)(N)c1ccc(N2CCNCC2)cc1C(F)(F)F. The van der Waals surface area contributed by atoms with Crippen molar-refractivity contribution in [3.05, 3.63) is 29.3 Å². The highest BCUT2D eigenvalue weighted by Crippen LogP contribution is 2.38. The van der Waals surface area contributed by atoms with E-state index in [2.05, 4.69) is 5.32 Å². The molecule has 0 bridgehead atoms. The Morgan fingerprint density at radius 1 is 1.10 bits per heavy atom. The number of nitrogens with zero attached hydrogens (tertiary/aromatic N) is 1. The van der Waals surface area contributed by atoms with Crippen molar-refractivity contribution in [3.8, 4) is 0 Å². The van der Waals surface area contributed by atoms with Gasteiger partial charge in [-0.25, -0.2) is 0 Å². The van der Waals surface area contributed by atoms with Crippen molar-refractivity contribution in [2.45, 2.75) is 25.6 Å². The second-order valence-electron chi connectivity index (χ2n) is 5.69. The zero-order chi connectivity index (χ0) is 15.0. The Bertz CT molecular complexity index is 472. The smallest absolute Gasteiger partial charge is 0.369 e. The second-order valence-corrected chi connectivity index (χ2v) is 5.69. The molecule has 1 aromatic rings. The third kappa shape index (κ3) is 3.24. The summed E-state index contributed by atoms with van der Waals surface area (Å²) in [6, 6.07) is 4.44. The molecular formula is C14H20F3N3. The molecule has 0 radical (unpaired) electrons. The molecule has 0 atom stereocenters. The maximum atomic E-state index is 13.2. The number of alkyl halides is 3. The number of hydrogen-bond acceptors (Lipinski definition) is 3. The first-order chi connectivity index (χ1) is 9.19. The van der Waals surface area contributed by atoms with Gasteiger partial charge in [0.25, 0.3) is 0 Å². The summed E-state index contributed by atoms with van der Waals surface area (Å²) in [5.41, 5.74) is 4.93. The summed E-state index contributed by atoms with van der Waals surface area (Å²) in [6.07, 6.45) is -4.39. The number of nitrogens with two attached hydrogens (primary N) is 1. The largest absolute Gasteiger partial charge is 0.416 e. The van der Waals surface area contributed by atoms with E-state index in [-0.39, 0.29) is 5.56 Å². The minimum atomic E-state index is -4.39. The number of anilines is 1. The van der Waals surface area contributed by atoms with Gasteiger partial charge in [0.05, 0.1) is 5.56 Å². The first-order valence-corrected chi connectivity index (χ1v) is 6.66. The lowest BCUT2D eigenvalue weighted by Gasteiger charge is -2.31. The zero-order valence-corrected chi connectivity index (χ0v) is 11.7. The highest BCUT2D eigenvalue weighted by Gasteiger charge is 2.37. The van der Waals surface area contributed by atoms with E-state index in [9.17, 15) is 13.2 Å². The van der Waals surface area contributed by atoms with Crippen molar-refractivity contribution < 1.29 is 13.2 Å². The highest BCUT2D eigenvalue weighted by molar-refractivity contribution is 5.53. The van der Waals surface area contributed by atoms with Crippen molar-refractivity contribution in [2.24, 2.45) is 5.73 Å². The normalized spacial score (nSPS) is 17.4. The van der Waals surface area contributed by atoms with Crippen LogP contribution in [0.25, 0.3) is 0 Å². The molecule has 3 N–H and O–H groups in total. The average Bonchev–Trinajstić information content (AvgIpc) is 2.37. The molecule has 1 fully saturated rings. The van der Waals surface area contributed by atoms with Crippen molar-refractivity contribution in [1.82, 2.24) is 5.32 Å². The lowest BCUT2D eigenvalue weighted by molar-refractivity contribution is -0.138. The predicted molar refractivity (Wildman–Crippen MR) is 73.7 cm³/mol. The molecule has 1 aliphatic rings. The van der Waals surface area contributed by atoms with Gasteiger partial charge in [-0.3, -0.25) is 0 Å². The summed E-state index contributed by atoms with van der Waals surface area (Å²) in [7, 11) is 0.